The molecular formula is C21H20FN5O2. The van der Waals surface area contributed by atoms with Gasteiger partial charge in [-0.25, -0.2) is 14.4 Å². The zero-order valence-electron chi connectivity index (χ0n) is 15.8. The number of hydrogen-bond acceptors (Lipinski definition) is 6. The predicted molar refractivity (Wildman–Crippen MR) is 103 cm³/mol. The van der Waals surface area contributed by atoms with Crippen molar-refractivity contribution in [1.29, 1.82) is 5.26 Å². The Labute approximate surface area is 167 Å². The maximum atomic E-state index is 14.4. The highest BCUT2D eigenvalue weighted by Crippen LogP contribution is 2.32. The SMILES string of the molecule is N#Cc1cn2c(NCc3c(F)ccc4c3CCO4)ncc(C3CCOCC3)c2n1. The van der Waals surface area contributed by atoms with Crippen molar-refractivity contribution in [3.8, 4) is 11.8 Å². The van der Waals surface area contributed by atoms with E-state index in [-0.39, 0.29) is 12.4 Å². The number of halogens is 1. The van der Waals surface area contributed by atoms with Crippen molar-refractivity contribution in [3.05, 3.63) is 52.7 Å². The lowest BCUT2D eigenvalue weighted by Crippen LogP contribution is -2.16. The van der Waals surface area contributed by atoms with E-state index in [1.807, 2.05) is 6.20 Å². The quantitative estimate of drug-likeness (QED) is 0.733. The summed E-state index contributed by atoms with van der Waals surface area (Å²) in [6.45, 7) is 2.27. The van der Waals surface area contributed by atoms with Crippen LogP contribution in [0.25, 0.3) is 5.65 Å². The van der Waals surface area contributed by atoms with Crippen molar-refractivity contribution in [2.45, 2.75) is 31.7 Å². The van der Waals surface area contributed by atoms with Crippen LogP contribution < -0.4 is 10.1 Å². The van der Waals surface area contributed by atoms with E-state index in [0.717, 1.165) is 29.7 Å². The summed E-state index contributed by atoms with van der Waals surface area (Å²) in [6, 6.07) is 5.21. The lowest BCUT2D eigenvalue weighted by Gasteiger charge is -2.23. The molecule has 0 bridgehead atoms. The van der Waals surface area contributed by atoms with E-state index in [9.17, 15) is 9.65 Å². The minimum atomic E-state index is -0.264. The summed E-state index contributed by atoms with van der Waals surface area (Å²) in [6.07, 6.45) is 5.98. The van der Waals surface area contributed by atoms with Crippen LogP contribution in [0.4, 0.5) is 10.3 Å². The second-order valence-electron chi connectivity index (χ2n) is 7.31. The van der Waals surface area contributed by atoms with Gasteiger partial charge in [-0.15, -0.1) is 0 Å². The van der Waals surface area contributed by atoms with Crippen LogP contribution in [0, 0.1) is 17.1 Å². The van der Waals surface area contributed by atoms with E-state index < -0.39 is 0 Å². The molecule has 0 unspecified atom stereocenters. The molecular weight excluding hydrogens is 373 g/mol. The van der Waals surface area contributed by atoms with Gasteiger partial charge in [0.25, 0.3) is 0 Å². The number of rotatable bonds is 4. The molecule has 1 fully saturated rings. The molecule has 8 heteroatoms. The fraction of sp³-hybridized carbons (Fsp3) is 0.381. The van der Waals surface area contributed by atoms with Crippen molar-refractivity contribution in [1.82, 2.24) is 14.4 Å². The van der Waals surface area contributed by atoms with E-state index >= 15 is 0 Å². The summed E-state index contributed by atoms with van der Waals surface area (Å²) >= 11 is 0. The van der Waals surface area contributed by atoms with E-state index in [4.69, 9.17) is 9.47 Å². The number of fused-ring (bicyclic) bond motifs is 2. The molecule has 2 aliphatic heterocycles. The summed E-state index contributed by atoms with van der Waals surface area (Å²) in [5.74, 6) is 1.31. The topological polar surface area (TPSA) is 84.5 Å². The Kier molecular flexibility index (Phi) is 4.52. The van der Waals surface area contributed by atoms with Gasteiger partial charge in [-0.1, -0.05) is 0 Å². The third-order valence-electron chi connectivity index (χ3n) is 5.66. The number of hydrogen-bond donors (Lipinski definition) is 1. The molecule has 1 aromatic carbocycles. The maximum absolute atomic E-state index is 14.4. The van der Waals surface area contributed by atoms with Gasteiger partial charge in [-0.3, -0.25) is 4.40 Å². The van der Waals surface area contributed by atoms with Crippen LogP contribution in [0.15, 0.2) is 24.5 Å². The third kappa shape index (κ3) is 3.17. The molecule has 0 radical (unpaired) electrons. The van der Waals surface area contributed by atoms with Crippen molar-refractivity contribution < 1.29 is 13.9 Å². The third-order valence-corrected chi connectivity index (χ3v) is 5.66. The average Bonchev–Trinajstić information content (AvgIpc) is 3.40. The summed E-state index contributed by atoms with van der Waals surface area (Å²) in [7, 11) is 0. The fourth-order valence-corrected chi connectivity index (χ4v) is 4.15. The van der Waals surface area contributed by atoms with Gasteiger partial charge >= 0.3 is 0 Å². The Morgan fingerprint density at radius 1 is 1.28 bits per heavy atom. The number of nitrogens with one attached hydrogen (secondary N) is 1. The molecule has 2 aliphatic rings. The fourth-order valence-electron chi connectivity index (χ4n) is 4.15. The second kappa shape index (κ2) is 7.33. The molecule has 1 saturated heterocycles. The van der Waals surface area contributed by atoms with Crippen LogP contribution in [-0.4, -0.2) is 34.2 Å². The Hall–Kier alpha value is -3.18. The molecule has 0 saturated carbocycles. The van der Waals surface area contributed by atoms with Crippen molar-refractivity contribution in [2.75, 3.05) is 25.1 Å². The normalized spacial score (nSPS) is 16.4. The maximum Gasteiger partial charge on any atom is 0.208 e. The van der Waals surface area contributed by atoms with Crippen molar-refractivity contribution in [2.24, 2.45) is 0 Å². The van der Waals surface area contributed by atoms with Crippen LogP contribution in [0.5, 0.6) is 5.75 Å². The highest BCUT2D eigenvalue weighted by molar-refractivity contribution is 5.56. The molecule has 7 nitrogen and oxygen atoms in total. The van der Waals surface area contributed by atoms with Gasteiger partial charge in [0.2, 0.25) is 5.95 Å². The molecule has 4 heterocycles. The predicted octanol–water partition coefficient (Wildman–Crippen LogP) is 3.18. The number of benzene rings is 1. The monoisotopic (exact) mass is 393 g/mol. The molecule has 0 aliphatic carbocycles. The van der Waals surface area contributed by atoms with Crippen LogP contribution in [-0.2, 0) is 17.7 Å². The second-order valence-corrected chi connectivity index (χ2v) is 7.31. The van der Waals surface area contributed by atoms with Gasteiger partial charge in [0.15, 0.2) is 5.69 Å². The number of aromatic nitrogens is 3. The molecule has 0 atom stereocenters. The van der Waals surface area contributed by atoms with Gasteiger partial charge in [-0.05, 0) is 30.9 Å². The minimum absolute atomic E-state index is 0.264. The zero-order chi connectivity index (χ0) is 19.8. The molecule has 3 aromatic rings. The largest absolute Gasteiger partial charge is 0.493 e. The van der Waals surface area contributed by atoms with Crippen molar-refractivity contribution in [3.63, 3.8) is 0 Å². The smallest absolute Gasteiger partial charge is 0.208 e. The number of anilines is 1. The standard InChI is InChI=1S/C21H20FN5O2/c22-18-1-2-19-15(5-8-29-19)17(18)11-25-21-24-10-16(13-3-6-28-7-4-13)20-26-14(9-23)12-27(20)21/h1-2,10,12-13H,3-8,11H2,(H,24,25). The van der Waals surface area contributed by atoms with Gasteiger partial charge in [-0.2, -0.15) is 5.26 Å². The highest BCUT2D eigenvalue weighted by atomic mass is 19.1. The molecule has 148 valence electrons. The van der Waals surface area contributed by atoms with Crippen LogP contribution in [0.3, 0.4) is 0 Å². The number of nitriles is 1. The van der Waals surface area contributed by atoms with Gasteiger partial charge in [0.05, 0.1) is 12.8 Å². The highest BCUT2D eigenvalue weighted by Gasteiger charge is 2.23. The van der Waals surface area contributed by atoms with E-state index in [2.05, 4.69) is 21.4 Å². The molecule has 2 aromatic heterocycles. The average molecular weight is 393 g/mol. The minimum Gasteiger partial charge on any atom is -0.493 e. The van der Waals surface area contributed by atoms with Gasteiger partial charge < -0.3 is 14.8 Å². The van der Waals surface area contributed by atoms with Gasteiger partial charge in [0.1, 0.15) is 23.3 Å². The van der Waals surface area contributed by atoms with E-state index in [1.54, 1.807) is 16.7 Å². The van der Waals surface area contributed by atoms with E-state index in [0.29, 0.717) is 55.0 Å². The van der Waals surface area contributed by atoms with Crippen LogP contribution in [0.2, 0.25) is 0 Å². The molecule has 29 heavy (non-hydrogen) atoms. The van der Waals surface area contributed by atoms with Crippen LogP contribution >= 0.6 is 0 Å². The number of nitrogens with zero attached hydrogens (tertiary/aromatic N) is 4. The van der Waals surface area contributed by atoms with Gasteiger partial charge in [0, 0.05) is 49.1 Å². The lowest BCUT2D eigenvalue weighted by atomic mass is 9.93. The first-order chi connectivity index (χ1) is 14.2. The lowest BCUT2D eigenvalue weighted by molar-refractivity contribution is 0.0854. The molecule has 0 spiro atoms. The Morgan fingerprint density at radius 3 is 2.97 bits per heavy atom. The Morgan fingerprint density at radius 2 is 2.14 bits per heavy atom. The molecule has 1 N–H and O–H groups in total. The summed E-state index contributed by atoms with van der Waals surface area (Å²) in [4.78, 5) is 9.06. The first kappa shape index (κ1) is 17.9. The Bertz CT molecular complexity index is 1110. The number of imidazole rings is 1. The van der Waals surface area contributed by atoms with E-state index in [1.165, 1.54) is 6.07 Å². The Balaban J connectivity index is 1.49. The first-order valence-corrected chi connectivity index (χ1v) is 9.77. The van der Waals surface area contributed by atoms with Crippen LogP contribution in [0.1, 0.15) is 41.1 Å². The zero-order valence-corrected chi connectivity index (χ0v) is 15.8. The van der Waals surface area contributed by atoms with Crippen molar-refractivity contribution >= 4 is 11.6 Å². The molecule has 0 amide bonds. The molecule has 5 rings (SSSR count). The number of ether oxygens (including phenoxy) is 2. The first-order valence-electron chi connectivity index (χ1n) is 9.77. The summed E-state index contributed by atoms with van der Waals surface area (Å²) < 4.78 is 27.2. The summed E-state index contributed by atoms with van der Waals surface area (Å²) in [5.41, 5.74) is 3.54. The summed E-state index contributed by atoms with van der Waals surface area (Å²) in [5, 5.41) is 12.6.